The maximum absolute atomic E-state index is 16.7. The molecule has 4 aromatic rings. The van der Waals surface area contributed by atoms with E-state index in [1.807, 2.05) is 4.90 Å². The van der Waals surface area contributed by atoms with Crippen LogP contribution in [0, 0.1) is 11.7 Å². The summed E-state index contributed by atoms with van der Waals surface area (Å²) in [5, 5.41) is 5.74. The molecule has 3 saturated heterocycles. The molecule has 244 valence electrons. The van der Waals surface area contributed by atoms with E-state index in [4.69, 9.17) is 14.9 Å². The summed E-state index contributed by atoms with van der Waals surface area (Å²) in [6.45, 7) is 3.12. The Hall–Kier alpha value is -3.62. The highest BCUT2D eigenvalue weighted by molar-refractivity contribution is 7.89. The van der Waals surface area contributed by atoms with Gasteiger partial charge in [0.15, 0.2) is 5.82 Å². The Morgan fingerprint density at radius 2 is 1.76 bits per heavy atom. The molecule has 5 heterocycles. The minimum Gasteiger partial charge on any atom is -0.461 e. The number of nitrogens with zero attached hydrogens (tertiary/aromatic N) is 5. The van der Waals surface area contributed by atoms with Gasteiger partial charge in [0.25, 0.3) is 0 Å². The number of anilines is 1. The van der Waals surface area contributed by atoms with Crippen molar-refractivity contribution in [1.82, 2.24) is 19.9 Å². The minimum absolute atomic E-state index is 0.00918. The number of fused-ring (bicyclic) bond motifs is 3. The van der Waals surface area contributed by atoms with Gasteiger partial charge in [-0.1, -0.05) is 30.3 Å². The summed E-state index contributed by atoms with van der Waals surface area (Å²) in [4.78, 5) is 17.8. The predicted octanol–water partition coefficient (Wildman–Crippen LogP) is 5.52. The van der Waals surface area contributed by atoms with Gasteiger partial charge in [-0.2, -0.15) is 23.1 Å². The second-order valence-electron chi connectivity index (χ2n) is 12.7. The number of nitrogens with two attached hydrogens (primary N) is 1. The Labute approximate surface area is 263 Å². The highest BCUT2D eigenvalue weighted by Crippen LogP contribution is 2.42. The van der Waals surface area contributed by atoms with Crippen molar-refractivity contribution >= 4 is 37.5 Å². The van der Waals surface area contributed by atoms with Crippen LogP contribution in [-0.4, -0.2) is 72.3 Å². The standard InChI is InChI=1S/C32H34F4N6O3S/c33-26-27(22-9-1-7-21-8-2-10-24(25(21)22)32(34,35)36)38-16-23-28(26)39-30(45-19-31-11-4-14-42(31)15-5-12-31)40-29(23)41-13-3-6-20(17-41)18-46(37,43)44/h1-2,7-10,16,20H,3-6,11-15,17-19H2,(H2,37,43,44). The highest BCUT2D eigenvalue weighted by Gasteiger charge is 2.45. The Bertz CT molecular complexity index is 1910. The molecule has 0 spiro atoms. The van der Waals surface area contributed by atoms with Crippen LogP contribution in [0.2, 0.25) is 0 Å². The molecule has 1 atom stereocenters. The van der Waals surface area contributed by atoms with Crippen LogP contribution < -0.4 is 14.8 Å². The van der Waals surface area contributed by atoms with Gasteiger partial charge in [-0.15, -0.1) is 0 Å². The summed E-state index contributed by atoms with van der Waals surface area (Å²) in [6.07, 6.45) is 2.07. The Balaban J connectivity index is 1.35. The highest BCUT2D eigenvalue weighted by atomic mass is 32.2. The van der Waals surface area contributed by atoms with Crippen LogP contribution in [0.5, 0.6) is 6.01 Å². The number of halogens is 4. The molecule has 14 heteroatoms. The van der Waals surface area contributed by atoms with Crippen molar-refractivity contribution in [2.75, 3.05) is 43.4 Å². The van der Waals surface area contributed by atoms with Crippen LogP contribution in [0.4, 0.5) is 23.4 Å². The Morgan fingerprint density at radius 3 is 2.48 bits per heavy atom. The molecule has 0 amide bonds. The third-order valence-corrected chi connectivity index (χ3v) is 10.6. The maximum atomic E-state index is 16.7. The molecular weight excluding hydrogens is 624 g/mol. The summed E-state index contributed by atoms with van der Waals surface area (Å²) in [7, 11) is -3.72. The van der Waals surface area contributed by atoms with Gasteiger partial charge in [-0.3, -0.25) is 9.88 Å². The topological polar surface area (TPSA) is 115 Å². The third-order valence-electron chi connectivity index (χ3n) is 9.68. The molecule has 0 radical (unpaired) electrons. The predicted molar refractivity (Wildman–Crippen MR) is 166 cm³/mol. The number of alkyl halides is 3. The van der Waals surface area contributed by atoms with E-state index in [1.165, 1.54) is 18.3 Å². The van der Waals surface area contributed by atoms with Crippen LogP contribution in [0.25, 0.3) is 32.9 Å². The number of aromatic nitrogens is 3. The molecule has 0 aliphatic carbocycles. The van der Waals surface area contributed by atoms with Crippen LogP contribution in [-0.2, 0) is 16.2 Å². The fourth-order valence-corrected chi connectivity index (χ4v) is 8.60. The normalized spacial score (nSPS) is 20.5. The van der Waals surface area contributed by atoms with Crippen molar-refractivity contribution < 1.29 is 30.7 Å². The number of rotatable bonds is 7. The fourth-order valence-electron chi connectivity index (χ4n) is 7.67. The first-order valence-corrected chi connectivity index (χ1v) is 17.2. The summed E-state index contributed by atoms with van der Waals surface area (Å²) >= 11 is 0. The first-order valence-electron chi connectivity index (χ1n) is 15.5. The second-order valence-corrected chi connectivity index (χ2v) is 14.4. The van der Waals surface area contributed by atoms with Gasteiger partial charge in [-0.25, -0.2) is 17.9 Å². The molecule has 46 heavy (non-hydrogen) atoms. The molecule has 0 bridgehead atoms. The molecule has 3 fully saturated rings. The van der Waals surface area contributed by atoms with E-state index in [-0.39, 0.29) is 50.8 Å². The average molecular weight is 659 g/mol. The quantitative estimate of drug-likeness (QED) is 0.259. The van der Waals surface area contributed by atoms with Crippen molar-refractivity contribution in [2.24, 2.45) is 11.1 Å². The van der Waals surface area contributed by atoms with Gasteiger partial charge < -0.3 is 9.64 Å². The lowest BCUT2D eigenvalue weighted by Crippen LogP contribution is -2.43. The SMILES string of the molecule is NS(=O)(=O)CC1CCCN(c2nc(OCC34CCCN3CCC4)nc3c(F)c(-c4cccc5cccc(C(F)(F)F)c45)ncc23)C1. The van der Waals surface area contributed by atoms with E-state index in [0.29, 0.717) is 43.7 Å². The number of hydrogen-bond acceptors (Lipinski definition) is 8. The molecule has 2 aromatic heterocycles. The summed E-state index contributed by atoms with van der Waals surface area (Å²) < 4.78 is 89.0. The zero-order valence-electron chi connectivity index (χ0n) is 25.1. The molecule has 2 N–H and O–H groups in total. The lowest BCUT2D eigenvalue weighted by Gasteiger charge is -2.34. The third kappa shape index (κ3) is 5.75. The number of benzene rings is 2. The van der Waals surface area contributed by atoms with Crippen molar-refractivity contribution in [3.63, 3.8) is 0 Å². The van der Waals surface area contributed by atoms with E-state index in [9.17, 15) is 21.6 Å². The minimum atomic E-state index is -4.67. The van der Waals surface area contributed by atoms with Gasteiger partial charge in [-0.05, 0) is 69.0 Å². The van der Waals surface area contributed by atoms with Crippen molar-refractivity contribution in [3.8, 4) is 17.3 Å². The van der Waals surface area contributed by atoms with E-state index < -0.39 is 27.6 Å². The number of primary sulfonamides is 1. The fraction of sp³-hybridized carbons (Fsp3) is 0.469. The summed E-state index contributed by atoms with van der Waals surface area (Å²) in [5.41, 5.74) is -1.44. The number of piperidine rings is 1. The first kappa shape index (κ1) is 31.0. The first-order chi connectivity index (χ1) is 21.9. The zero-order chi connectivity index (χ0) is 32.3. The smallest absolute Gasteiger partial charge is 0.417 e. The molecular formula is C32H34F4N6O3S. The lowest BCUT2D eigenvalue weighted by molar-refractivity contribution is -0.136. The van der Waals surface area contributed by atoms with Crippen molar-refractivity contribution in [1.29, 1.82) is 0 Å². The van der Waals surface area contributed by atoms with E-state index in [2.05, 4.69) is 14.9 Å². The average Bonchev–Trinajstić information content (AvgIpc) is 3.59. The van der Waals surface area contributed by atoms with Crippen LogP contribution in [0.1, 0.15) is 44.1 Å². The number of hydrogen-bond donors (Lipinski definition) is 1. The van der Waals surface area contributed by atoms with Crippen molar-refractivity contribution in [3.05, 3.63) is 54.0 Å². The molecule has 7 rings (SSSR count). The van der Waals surface area contributed by atoms with Crippen LogP contribution in [0.15, 0.2) is 42.6 Å². The number of pyridine rings is 1. The zero-order valence-corrected chi connectivity index (χ0v) is 25.9. The molecule has 3 aliphatic rings. The van der Waals surface area contributed by atoms with Gasteiger partial charge in [0.05, 0.1) is 22.2 Å². The van der Waals surface area contributed by atoms with Crippen molar-refractivity contribution in [2.45, 2.75) is 50.2 Å². The molecule has 0 saturated carbocycles. The lowest BCUT2D eigenvalue weighted by atomic mass is 9.95. The van der Waals surface area contributed by atoms with Gasteiger partial charge in [0.1, 0.15) is 23.6 Å². The Kier molecular flexibility index (Phi) is 7.80. The van der Waals surface area contributed by atoms with E-state index >= 15 is 4.39 Å². The van der Waals surface area contributed by atoms with E-state index in [1.54, 1.807) is 18.2 Å². The number of sulfonamides is 1. The monoisotopic (exact) mass is 658 g/mol. The largest absolute Gasteiger partial charge is 0.461 e. The van der Waals surface area contributed by atoms with Gasteiger partial charge >= 0.3 is 12.2 Å². The Morgan fingerprint density at radius 1 is 1.02 bits per heavy atom. The number of ether oxygens (including phenoxy) is 1. The molecule has 1 unspecified atom stereocenters. The molecule has 3 aliphatic heterocycles. The van der Waals surface area contributed by atoms with Crippen LogP contribution >= 0.6 is 0 Å². The van der Waals surface area contributed by atoms with Gasteiger partial charge in [0.2, 0.25) is 10.0 Å². The van der Waals surface area contributed by atoms with E-state index in [0.717, 1.165) is 44.8 Å². The molecule has 2 aromatic carbocycles. The summed E-state index contributed by atoms with van der Waals surface area (Å²) in [5.74, 6) is -1.03. The molecule has 9 nitrogen and oxygen atoms in total. The second kappa shape index (κ2) is 11.6. The summed E-state index contributed by atoms with van der Waals surface area (Å²) in [6, 6.07) is 8.32. The van der Waals surface area contributed by atoms with Gasteiger partial charge in [0, 0.05) is 30.2 Å². The van der Waals surface area contributed by atoms with Crippen LogP contribution in [0.3, 0.4) is 0 Å². The maximum Gasteiger partial charge on any atom is 0.417 e.